The Balaban J connectivity index is 1.75. The van der Waals surface area contributed by atoms with E-state index in [2.05, 4.69) is 5.32 Å². The number of fused-ring (bicyclic) bond motifs is 1. The summed E-state index contributed by atoms with van der Waals surface area (Å²) in [5.74, 6) is -0.214. The van der Waals surface area contributed by atoms with Gasteiger partial charge in [0.2, 0.25) is 11.8 Å². The second-order valence-corrected chi connectivity index (χ2v) is 6.95. The lowest BCUT2D eigenvalue weighted by molar-refractivity contribution is -0.153. The van der Waals surface area contributed by atoms with Gasteiger partial charge in [-0.15, -0.1) is 11.3 Å². The molecule has 3 heterocycles. The largest absolute Gasteiger partial charge is 0.342 e. The van der Waals surface area contributed by atoms with Crippen molar-refractivity contribution in [1.82, 2.24) is 15.1 Å². The highest BCUT2D eigenvalue weighted by Crippen LogP contribution is 2.21. The first-order chi connectivity index (χ1) is 10.5. The first kappa shape index (κ1) is 15.0. The van der Waals surface area contributed by atoms with E-state index in [1.165, 1.54) is 11.3 Å². The number of hydrogen-bond donors (Lipinski definition) is 1. The van der Waals surface area contributed by atoms with Crippen molar-refractivity contribution in [2.45, 2.75) is 25.9 Å². The minimum Gasteiger partial charge on any atom is -0.342 e. The van der Waals surface area contributed by atoms with Gasteiger partial charge in [0, 0.05) is 13.1 Å². The van der Waals surface area contributed by atoms with Crippen LogP contribution in [0.3, 0.4) is 0 Å². The molecular weight excluding hydrogens is 302 g/mol. The Labute approximate surface area is 133 Å². The summed E-state index contributed by atoms with van der Waals surface area (Å²) < 4.78 is 0. The van der Waals surface area contributed by atoms with Gasteiger partial charge in [0.25, 0.3) is 5.91 Å². The molecule has 1 aromatic heterocycles. The molecule has 0 aliphatic carbocycles. The molecule has 2 atom stereocenters. The third kappa shape index (κ3) is 2.49. The Kier molecular flexibility index (Phi) is 3.90. The second-order valence-electron chi connectivity index (χ2n) is 6.01. The van der Waals surface area contributed by atoms with Crippen LogP contribution < -0.4 is 5.32 Å². The summed E-state index contributed by atoms with van der Waals surface area (Å²) in [6.45, 7) is 4.98. The summed E-state index contributed by atoms with van der Waals surface area (Å²) in [7, 11) is 0. The summed E-state index contributed by atoms with van der Waals surface area (Å²) in [5, 5.41) is 4.65. The normalized spacial score (nSPS) is 25.2. The summed E-state index contributed by atoms with van der Waals surface area (Å²) >= 11 is 1.39. The van der Waals surface area contributed by atoms with Crippen molar-refractivity contribution in [3.8, 4) is 0 Å². The molecular formula is C15H19N3O3S. The fraction of sp³-hybridized carbons (Fsp3) is 0.533. The van der Waals surface area contributed by atoms with Crippen LogP contribution in [0.1, 0.15) is 23.5 Å². The van der Waals surface area contributed by atoms with Gasteiger partial charge in [-0.05, 0) is 17.4 Å². The first-order valence-electron chi connectivity index (χ1n) is 7.42. The van der Waals surface area contributed by atoms with E-state index >= 15 is 0 Å². The molecule has 0 radical (unpaired) electrons. The molecule has 2 aliphatic heterocycles. The predicted octanol–water partition coefficient (Wildman–Crippen LogP) is 0.555. The van der Waals surface area contributed by atoms with Crippen LogP contribution >= 0.6 is 11.3 Å². The average Bonchev–Trinajstić information content (AvgIpc) is 3.03. The van der Waals surface area contributed by atoms with Crippen LogP contribution in [0.15, 0.2) is 17.5 Å². The lowest BCUT2D eigenvalue weighted by Crippen LogP contribution is -2.70. The zero-order chi connectivity index (χ0) is 15.9. The molecule has 0 bridgehead atoms. The lowest BCUT2D eigenvalue weighted by Gasteiger charge is -2.45. The number of carbonyl (C=O) groups is 3. The Bertz CT molecular complexity index is 599. The van der Waals surface area contributed by atoms with E-state index in [1.54, 1.807) is 15.9 Å². The summed E-state index contributed by atoms with van der Waals surface area (Å²) in [6, 6.07) is 2.59. The van der Waals surface area contributed by atoms with Gasteiger partial charge in [-0.2, -0.15) is 0 Å². The van der Waals surface area contributed by atoms with Gasteiger partial charge >= 0.3 is 0 Å². The van der Waals surface area contributed by atoms with Crippen molar-refractivity contribution in [2.24, 2.45) is 5.92 Å². The van der Waals surface area contributed by atoms with Gasteiger partial charge in [-0.1, -0.05) is 19.9 Å². The fourth-order valence-electron chi connectivity index (χ4n) is 2.95. The highest BCUT2D eigenvalue weighted by Gasteiger charge is 2.45. The van der Waals surface area contributed by atoms with E-state index in [4.69, 9.17) is 0 Å². The Morgan fingerprint density at radius 3 is 2.77 bits per heavy atom. The van der Waals surface area contributed by atoms with Crippen molar-refractivity contribution in [3.63, 3.8) is 0 Å². The molecule has 118 valence electrons. The first-order valence-corrected chi connectivity index (χ1v) is 8.30. The van der Waals surface area contributed by atoms with Crippen LogP contribution in [0.2, 0.25) is 0 Å². The van der Waals surface area contributed by atoms with E-state index in [0.29, 0.717) is 18.0 Å². The molecule has 1 aromatic rings. The van der Waals surface area contributed by atoms with Crippen LogP contribution in [-0.4, -0.2) is 59.2 Å². The van der Waals surface area contributed by atoms with Gasteiger partial charge in [-0.25, -0.2) is 0 Å². The van der Waals surface area contributed by atoms with Crippen LogP contribution in [0.4, 0.5) is 0 Å². The predicted molar refractivity (Wildman–Crippen MR) is 82.5 cm³/mol. The van der Waals surface area contributed by atoms with Gasteiger partial charge in [-0.3, -0.25) is 14.4 Å². The van der Waals surface area contributed by atoms with E-state index in [1.807, 2.05) is 25.3 Å². The highest BCUT2D eigenvalue weighted by molar-refractivity contribution is 7.12. The number of rotatable bonds is 2. The summed E-state index contributed by atoms with van der Waals surface area (Å²) in [5.41, 5.74) is 0. The number of amides is 3. The molecule has 1 N–H and O–H groups in total. The quantitative estimate of drug-likeness (QED) is 0.865. The molecule has 2 fully saturated rings. The molecule has 3 amide bonds. The smallest absolute Gasteiger partial charge is 0.264 e. The molecule has 0 spiro atoms. The summed E-state index contributed by atoms with van der Waals surface area (Å²) in [4.78, 5) is 41.1. The maximum atomic E-state index is 12.5. The summed E-state index contributed by atoms with van der Waals surface area (Å²) in [6.07, 6.45) is 0. The zero-order valence-electron chi connectivity index (χ0n) is 12.6. The Morgan fingerprint density at radius 1 is 1.36 bits per heavy atom. The number of nitrogens with one attached hydrogen (secondary N) is 1. The van der Waals surface area contributed by atoms with Crippen molar-refractivity contribution in [3.05, 3.63) is 22.4 Å². The number of nitrogens with zero attached hydrogens (tertiary/aromatic N) is 2. The maximum Gasteiger partial charge on any atom is 0.264 e. The van der Waals surface area contributed by atoms with Crippen molar-refractivity contribution in [1.29, 1.82) is 0 Å². The minimum atomic E-state index is -0.569. The number of hydrogen-bond acceptors (Lipinski definition) is 4. The molecule has 7 heteroatoms. The number of thiophene rings is 1. The third-order valence-corrected chi connectivity index (χ3v) is 5.07. The highest BCUT2D eigenvalue weighted by atomic mass is 32.1. The third-order valence-electron chi connectivity index (χ3n) is 4.22. The van der Waals surface area contributed by atoms with E-state index < -0.39 is 12.1 Å². The van der Waals surface area contributed by atoms with Crippen LogP contribution in [-0.2, 0) is 9.59 Å². The standard InChI is InChI=1S/C15H19N3O3S/c1-9(2)12-15(21)18-6-5-17(8-10(18)13(19)16-12)14(20)11-4-3-7-22-11/h3-4,7,9-10,12H,5-6,8H2,1-2H3,(H,16,19)/t10-,12+/m1/s1. The molecule has 3 rings (SSSR count). The molecule has 0 aromatic carbocycles. The molecule has 0 saturated carbocycles. The molecule has 0 unspecified atom stereocenters. The van der Waals surface area contributed by atoms with Gasteiger partial charge in [0.15, 0.2) is 0 Å². The minimum absolute atomic E-state index is 0.0391. The van der Waals surface area contributed by atoms with Gasteiger partial charge < -0.3 is 15.1 Å². The Hall–Kier alpha value is -1.89. The lowest BCUT2D eigenvalue weighted by atomic mass is 9.96. The maximum absolute atomic E-state index is 12.5. The van der Waals surface area contributed by atoms with E-state index in [0.717, 1.165) is 0 Å². The topological polar surface area (TPSA) is 69.7 Å². The van der Waals surface area contributed by atoms with Crippen LogP contribution in [0, 0.1) is 5.92 Å². The molecule has 22 heavy (non-hydrogen) atoms. The molecule has 2 aliphatic rings. The monoisotopic (exact) mass is 321 g/mol. The SMILES string of the molecule is CC(C)[C@@H]1NC(=O)[C@H]2CN(C(=O)c3cccs3)CCN2C1=O. The van der Waals surface area contributed by atoms with E-state index in [-0.39, 0.29) is 30.2 Å². The fourth-order valence-corrected chi connectivity index (χ4v) is 3.64. The van der Waals surface area contributed by atoms with Crippen molar-refractivity contribution < 1.29 is 14.4 Å². The average molecular weight is 321 g/mol. The van der Waals surface area contributed by atoms with Crippen molar-refractivity contribution in [2.75, 3.05) is 19.6 Å². The van der Waals surface area contributed by atoms with Gasteiger partial charge in [0.1, 0.15) is 12.1 Å². The van der Waals surface area contributed by atoms with Crippen molar-refractivity contribution >= 4 is 29.1 Å². The second kappa shape index (κ2) is 5.72. The number of piperazine rings is 2. The number of carbonyl (C=O) groups excluding carboxylic acids is 3. The van der Waals surface area contributed by atoms with E-state index in [9.17, 15) is 14.4 Å². The Morgan fingerprint density at radius 2 is 2.14 bits per heavy atom. The zero-order valence-corrected chi connectivity index (χ0v) is 13.4. The van der Waals surface area contributed by atoms with Gasteiger partial charge in [0.05, 0.1) is 11.4 Å². The van der Waals surface area contributed by atoms with Crippen LogP contribution in [0.5, 0.6) is 0 Å². The van der Waals surface area contributed by atoms with Crippen LogP contribution in [0.25, 0.3) is 0 Å². The molecule has 2 saturated heterocycles. The molecule has 6 nitrogen and oxygen atoms in total.